The molecular weight excluding hydrogens is 379 g/mol. The Morgan fingerprint density at radius 2 is 1.60 bits per heavy atom. The second kappa shape index (κ2) is 7.55. The number of rotatable bonds is 5. The average molecular weight is 398 g/mol. The molecule has 1 atom stereocenters. The van der Waals surface area contributed by atoms with Gasteiger partial charge >= 0.3 is 0 Å². The van der Waals surface area contributed by atoms with E-state index in [1.165, 1.54) is 12.1 Å². The molecule has 2 heterocycles. The lowest BCUT2D eigenvalue weighted by atomic mass is 9.93. The predicted molar refractivity (Wildman–Crippen MR) is 111 cm³/mol. The summed E-state index contributed by atoms with van der Waals surface area (Å²) in [6, 6.07) is 23.9. The van der Waals surface area contributed by atoms with E-state index in [2.05, 4.69) is 10.3 Å². The fraction of sp³-hybridized carbons (Fsp3) is 0.125. The van der Waals surface area contributed by atoms with E-state index in [1.54, 1.807) is 21.7 Å². The summed E-state index contributed by atoms with van der Waals surface area (Å²) in [5.41, 5.74) is 4.41. The van der Waals surface area contributed by atoms with Gasteiger partial charge in [-0.25, -0.2) is 9.07 Å². The van der Waals surface area contributed by atoms with Crippen molar-refractivity contribution in [3.63, 3.8) is 0 Å². The minimum Gasteiger partial charge on any atom is -0.305 e. The SMILES string of the molecule is O=C1[C@H](c2ccc(F)cc2)c2ccccc2N1Cc1cn(Cc2ccccc2)nn1. The highest BCUT2D eigenvalue weighted by molar-refractivity contribution is 6.06. The third kappa shape index (κ3) is 3.37. The number of hydrogen-bond donors (Lipinski definition) is 0. The summed E-state index contributed by atoms with van der Waals surface area (Å²) >= 11 is 0. The van der Waals surface area contributed by atoms with Crippen LogP contribution in [0.4, 0.5) is 10.1 Å². The molecule has 1 aliphatic heterocycles. The summed E-state index contributed by atoms with van der Waals surface area (Å²) in [7, 11) is 0. The van der Waals surface area contributed by atoms with E-state index in [4.69, 9.17) is 0 Å². The van der Waals surface area contributed by atoms with Crippen LogP contribution in [0.15, 0.2) is 85.1 Å². The summed E-state index contributed by atoms with van der Waals surface area (Å²) in [6.07, 6.45) is 1.87. The molecule has 0 aliphatic carbocycles. The van der Waals surface area contributed by atoms with Crippen LogP contribution in [0.5, 0.6) is 0 Å². The van der Waals surface area contributed by atoms with E-state index in [-0.39, 0.29) is 11.7 Å². The number of halogens is 1. The normalized spacial score (nSPS) is 15.4. The van der Waals surface area contributed by atoms with Gasteiger partial charge in [-0.1, -0.05) is 65.9 Å². The first-order valence-corrected chi connectivity index (χ1v) is 9.78. The van der Waals surface area contributed by atoms with E-state index in [0.717, 1.165) is 22.4 Å². The molecule has 0 saturated carbocycles. The summed E-state index contributed by atoms with van der Waals surface area (Å²) in [6.45, 7) is 0.957. The number of amides is 1. The van der Waals surface area contributed by atoms with E-state index in [0.29, 0.717) is 18.8 Å². The Bertz CT molecular complexity index is 1190. The van der Waals surface area contributed by atoms with Crippen molar-refractivity contribution in [1.29, 1.82) is 0 Å². The molecular formula is C24H19FN4O. The number of aromatic nitrogens is 3. The van der Waals surface area contributed by atoms with Crippen molar-refractivity contribution >= 4 is 11.6 Å². The Hall–Kier alpha value is -3.80. The van der Waals surface area contributed by atoms with Gasteiger partial charge in [0, 0.05) is 5.69 Å². The minimum absolute atomic E-state index is 0.0413. The number of carbonyl (C=O) groups is 1. The van der Waals surface area contributed by atoms with Crippen LogP contribution in [0.1, 0.15) is 28.3 Å². The van der Waals surface area contributed by atoms with Gasteiger partial charge < -0.3 is 4.90 Å². The van der Waals surface area contributed by atoms with Gasteiger partial charge in [0.05, 0.1) is 25.2 Å². The number of anilines is 1. The molecule has 5 nitrogen and oxygen atoms in total. The second-order valence-electron chi connectivity index (χ2n) is 7.36. The molecule has 0 radical (unpaired) electrons. The molecule has 4 aromatic rings. The maximum Gasteiger partial charge on any atom is 0.239 e. The molecule has 0 unspecified atom stereocenters. The van der Waals surface area contributed by atoms with E-state index in [1.807, 2.05) is 60.8 Å². The standard InChI is InChI=1S/C24H19FN4O/c25-19-12-10-18(11-13-19)23-21-8-4-5-9-22(21)29(24(23)30)16-20-15-28(27-26-20)14-17-6-2-1-3-7-17/h1-13,15,23H,14,16H2/t23-/m1/s1. The monoisotopic (exact) mass is 398 g/mol. The van der Waals surface area contributed by atoms with Crippen LogP contribution in [0.25, 0.3) is 0 Å². The number of para-hydroxylation sites is 1. The van der Waals surface area contributed by atoms with Crippen LogP contribution in [-0.4, -0.2) is 20.9 Å². The zero-order valence-electron chi connectivity index (χ0n) is 16.1. The first-order valence-electron chi connectivity index (χ1n) is 9.78. The van der Waals surface area contributed by atoms with Gasteiger partial charge in [0.25, 0.3) is 0 Å². The molecule has 3 aromatic carbocycles. The summed E-state index contributed by atoms with van der Waals surface area (Å²) in [4.78, 5) is 15.1. The van der Waals surface area contributed by atoms with E-state index < -0.39 is 5.92 Å². The first-order chi connectivity index (χ1) is 14.7. The van der Waals surface area contributed by atoms with Gasteiger partial charge in [-0.2, -0.15) is 0 Å². The van der Waals surface area contributed by atoms with Gasteiger partial charge in [-0.05, 0) is 34.9 Å². The fourth-order valence-electron chi connectivity index (χ4n) is 3.95. The van der Waals surface area contributed by atoms with Crippen LogP contribution in [-0.2, 0) is 17.9 Å². The Kier molecular flexibility index (Phi) is 4.59. The van der Waals surface area contributed by atoms with Crippen molar-refractivity contribution in [3.8, 4) is 0 Å². The van der Waals surface area contributed by atoms with Crippen LogP contribution >= 0.6 is 0 Å². The van der Waals surface area contributed by atoms with Crippen molar-refractivity contribution in [2.24, 2.45) is 0 Å². The number of fused-ring (bicyclic) bond motifs is 1. The molecule has 0 bridgehead atoms. The predicted octanol–water partition coefficient (Wildman–Crippen LogP) is 4.14. The van der Waals surface area contributed by atoms with E-state index >= 15 is 0 Å². The Balaban J connectivity index is 1.41. The van der Waals surface area contributed by atoms with Crippen molar-refractivity contribution < 1.29 is 9.18 Å². The average Bonchev–Trinajstić information content (AvgIpc) is 3.32. The maximum atomic E-state index is 13.4. The molecule has 1 aliphatic rings. The van der Waals surface area contributed by atoms with E-state index in [9.17, 15) is 9.18 Å². The maximum absolute atomic E-state index is 13.4. The first kappa shape index (κ1) is 18.2. The molecule has 0 saturated heterocycles. The number of nitrogens with zero attached hydrogens (tertiary/aromatic N) is 4. The summed E-state index contributed by atoms with van der Waals surface area (Å²) in [5, 5.41) is 8.47. The van der Waals surface area contributed by atoms with Crippen molar-refractivity contribution in [3.05, 3.63) is 113 Å². The van der Waals surface area contributed by atoms with Crippen molar-refractivity contribution in [1.82, 2.24) is 15.0 Å². The molecule has 1 aromatic heterocycles. The minimum atomic E-state index is -0.443. The lowest BCUT2D eigenvalue weighted by Gasteiger charge is -2.16. The summed E-state index contributed by atoms with van der Waals surface area (Å²) in [5.74, 6) is -0.800. The topological polar surface area (TPSA) is 51.0 Å². The van der Waals surface area contributed by atoms with Crippen molar-refractivity contribution in [2.45, 2.75) is 19.0 Å². The third-order valence-corrected chi connectivity index (χ3v) is 5.35. The smallest absolute Gasteiger partial charge is 0.239 e. The van der Waals surface area contributed by atoms with Crippen LogP contribution in [0, 0.1) is 5.82 Å². The molecule has 6 heteroatoms. The van der Waals surface area contributed by atoms with Crippen molar-refractivity contribution in [2.75, 3.05) is 4.90 Å². The zero-order chi connectivity index (χ0) is 20.5. The Morgan fingerprint density at radius 1 is 0.867 bits per heavy atom. The van der Waals surface area contributed by atoms with Gasteiger partial charge in [0.1, 0.15) is 11.5 Å². The molecule has 148 valence electrons. The highest BCUT2D eigenvalue weighted by atomic mass is 19.1. The highest BCUT2D eigenvalue weighted by Gasteiger charge is 2.38. The number of benzene rings is 3. The second-order valence-corrected chi connectivity index (χ2v) is 7.36. The zero-order valence-corrected chi connectivity index (χ0v) is 16.1. The largest absolute Gasteiger partial charge is 0.305 e. The summed E-state index contributed by atoms with van der Waals surface area (Å²) < 4.78 is 15.1. The van der Waals surface area contributed by atoms with Gasteiger partial charge in [-0.3, -0.25) is 4.79 Å². The van der Waals surface area contributed by atoms with Gasteiger partial charge in [0.15, 0.2) is 0 Å². The van der Waals surface area contributed by atoms with Gasteiger partial charge in [0.2, 0.25) is 5.91 Å². The third-order valence-electron chi connectivity index (χ3n) is 5.35. The molecule has 1 amide bonds. The molecule has 30 heavy (non-hydrogen) atoms. The molecule has 0 N–H and O–H groups in total. The lowest BCUT2D eigenvalue weighted by Crippen LogP contribution is -2.28. The molecule has 0 fully saturated rings. The molecule has 5 rings (SSSR count). The number of carbonyl (C=O) groups excluding carboxylic acids is 1. The molecule has 0 spiro atoms. The van der Waals surface area contributed by atoms with Crippen LogP contribution < -0.4 is 4.90 Å². The lowest BCUT2D eigenvalue weighted by molar-refractivity contribution is -0.118. The van der Waals surface area contributed by atoms with Crippen LogP contribution in [0.2, 0.25) is 0 Å². The fourth-order valence-corrected chi connectivity index (χ4v) is 3.95. The quantitative estimate of drug-likeness (QED) is 0.508. The Labute approximate surface area is 173 Å². The number of hydrogen-bond acceptors (Lipinski definition) is 3. The van der Waals surface area contributed by atoms with Crippen LogP contribution in [0.3, 0.4) is 0 Å². The Morgan fingerprint density at radius 3 is 2.40 bits per heavy atom. The highest BCUT2D eigenvalue weighted by Crippen LogP contribution is 2.41. The van der Waals surface area contributed by atoms with Gasteiger partial charge in [-0.15, -0.1) is 5.10 Å².